The average Bonchev–Trinajstić information content (AvgIpc) is 3.48. The Morgan fingerprint density at radius 3 is 1.95 bits per heavy atom. The molecular weight excluding hydrogens is 499 g/mol. The van der Waals surface area contributed by atoms with Crippen LogP contribution in [0, 0.1) is 42.9 Å². The summed E-state index contributed by atoms with van der Waals surface area (Å²) in [7, 11) is 0.0984. The van der Waals surface area contributed by atoms with Gasteiger partial charge < -0.3 is 4.57 Å². The Morgan fingerprint density at radius 1 is 0.875 bits per heavy atom. The Kier molecular flexibility index (Phi) is 8.70. The van der Waals surface area contributed by atoms with Gasteiger partial charge in [-0.15, -0.1) is 0 Å². The minimum Gasteiger partial charge on any atom is -0.319 e. The second-order valence-electron chi connectivity index (χ2n) is 14.9. The van der Waals surface area contributed by atoms with Crippen LogP contribution in [-0.2, 0) is 0 Å². The molecular formula is C38H55NSi. The molecule has 0 spiro atoms. The van der Waals surface area contributed by atoms with Crippen LogP contribution < -0.4 is 10.4 Å². The van der Waals surface area contributed by atoms with E-state index < -0.39 is 8.24 Å². The summed E-state index contributed by atoms with van der Waals surface area (Å²) in [6.45, 7) is 17.9. The molecule has 0 aliphatic heterocycles. The SMILES string of the molecule is CCCC(C)(C)CN(C)[Si](c1ccc(C)cc1)(c1ccc(C)cc1)C1C(CC(C)C)CC2C=C3CCCC3=CC21. The van der Waals surface area contributed by atoms with Crippen molar-refractivity contribution in [3.05, 3.63) is 83.0 Å². The van der Waals surface area contributed by atoms with Crippen molar-refractivity contribution in [1.29, 1.82) is 0 Å². The Bertz CT molecular complexity index is 1170. The molecule has 5 rings (SSSR count). The first-order chi connectivity index (χ1) is 19.0. The van der Waals surface area contributed by atoms with E-state index in [9.17, 15) is 0 Å². The van der Waals surface area contributed by atoms with E-state index in [1.54, 1.807) is 21.5 Å². The Balaban J connectivity index is 1.77. The van der Waals surface area contributed by atoms with Crippen LogP contribution in [-0.4, -0.2) is 26.4 Å². The number of nitrogens with zero attached hydrogens (tertiary/aromatic N) is 1. The molecule has 40 heavy (non-hydrogen) atoms. The fourth-order valence-corrected chi connectivity index (χ4v) is 15.5. The van der Waals surface area contributed by atoms with E-state index in [0.717, 1.165) is 18.4 Å². The lowest BCUT2D eigenvalue weighted by atomic mass is 9.85. The zero-order chi connectivity index (χ0) is 28.7. The van der Waals surface area contributed by atoms with Crippen molar-refractivity contribution < 1.29 is 0 Å². The molecule has 216 valence electrons. The van der Waals surface area contributed by atoms with Gasteiger partial charge in [-0.3, -0.25) is 0 Å². The first-order valence-corrected chi connectivity index (χ1v) is 18.3. The number of allylic oxidation sites excluding steroid dienone is 4. The summed E-state index contributed by atoms with van der Waals surface area (Å²) in [5.74, 6) is 2.81. The van der Waals surface area contributed by atoms with E-state index in [0.29, 0.717) is 17.4 Å². The summed E-state index contributed by atoms with van der Waals surface area (Å²) in [6.07, 6.45) is 14.7. The highest BCUT2D eigenvalue weighted by Gasteiger charge is 2.59. The molecule has 0 N–H and O–H groups in total. The van der Waals surface area contributed by atoms with Gasteiger partial charge in [0.1, 0.15) is 0 Å². The third kappa shape index (κ3) is 5.60. The molecule has 0 aromatic heterocycles. The van der Waals surface area contributed by atoms with Crippen LogP contribution in [0.4, 0.5) is 0 Å². The highest BCUT2D eigenvalue weighted by molar-refractivity contribution is 7.01. The predicted molar refractivity (Wildman–Crippen MR) is 177 cm³/mol. The van der Waals surface area contributed by atoms with E-state index in [-0.39, 0.29) is 5.41 Å². The van der Waals surface area contributed by atoms with Crippen molar-refractivity contribution in [2.45, 2.75) is 99.0 Å². The van der Waals surface area contributed by atoms with Gasteiger partial charge in [0.05, 0.1) is 0 Å². The second kappa shape index (κ2) is 11.8. The molecule has 3 aliphatic rings. The third-order valence-corrected chi connectivity index (χ3v) is 16.1. The van der Waals surface area contributed by atoms with Crippen LogP contribution >= 0.6 is 0 Å². The number of rotatable bonds is 10. The highest BCUT2D eigenvalue weighted by Crippen LogP contribution is 2.58. The molecule has 4 atom stereocenters. The standard InChI is InChI=1S/C38H55NSi/c1-9-21-38(6,7)26-39(8)40(34-17-13-28(4)14-18-34,35-19-15-29(5)16-20-35)37-33(22-27(2)3)24-32-23-30-11-10-12-31(30)25-36(32)37/h13-20,23,25,27,32-33,36-37H,9-12,21-22,24,26H2,1-8H3. The quantitative estimate of drug-likeness (QED) is 0.266. The predicted octanol–water partition coefficient (Wildman–Crippen LogP) is 8.84. The summed E-state index contributed by atoms with van der Waals surface area (Å²) in [5, 5.41) is 3.24. The molecule has 2 saturated carbocycles. The van der Waals surface area contributed by atoms with Crippen molar-refractivity contribution in [3.63, 3.8) is 0 Å². The van der Waals surface area contributed by atoms with E-state index in [2.05, 4.69) is 121 Å². The zero-order valence-electron chi connectivity index (χ0n) is 26.8. The van der Waals surface area contributed by atoms with Crippen molar-refractivity contribution in [2.24, 2.45) is 29.1 Å². The second-order valence-corrected chi connectivity index (χ2v) is 19.0. The lowest BCUT2D eigenvalue weighted by Crippen LogP contribution is -2.74. The van der Waals surface area contributed by atoms with Gasteiger partial charge in [0.15, 0.2) is 8.24 Å². The van der Waals surface area contributed by atoms with Gasteiger partial charge in [-0.25, -0.2) is 0 Å². The van der Waals surface area contributed by atoms with E-state index in [4.69, 9.17) is 0 Å². The average molecular weight is 554 g/mol. The van der Waals surface area contributed by atoms with Gasteiger partial charge in [0.2, 0.25) is 0 Å². The molecule has 1 nitrogen and oxygen atoms in total. The molecule has 3 aliphatic carbocycles. The topological polar surface area (TPSA) is 3.24 Å². The molecule has 2 aromatic rings. The molecule has 0 heterocycles. The fourth-order valence-electron chi connectivity index (χ4n) is 9.15. The molecule has 0 bridgehead atoms. The lowest BCUT2D eigenvalue weighted by Gasteiger charge is -2.51. The van der Waals surface area contributed by atoms with Crippen molar-refractivity contribution in [2.75, 3.05) is 13.6 Å². The Morgan fingerprint density at radius 2 is 1.43 bits per heavy atom. The van der Waals surface area contributed by atoms with Gasteiger partial charge in [-0.05, 0) is 122 Å². The van der Waals surface area contributed by atoms with Crippen LogP contribution in [0.1, 0.15) is 90.7 Å². The van der Waals surface area contributed by atoms with E-state index >= 15 is 0 Å². The molecule has 0 amide bonds. The lowest BCUT2D eigenvalue weighted by molar-refractivity contribution is 0.253. The largest absolute Gasteiger partial charge is 0.319 e. The van der Waals surface area contributed by atoms with Crippen LogP contribution in [0.5, 0.6) is 0 Å². The number of hydrogen-bond acceptors (Lipinski definition) is 1. The molecule has 2 heteroatoms. The maximum atomic E-state index is 2.96. The van der Waals surface area contributed by atoms with E-state index in [1.807, 2.05) is 0 Å². The van der Waals surface area contributed by atoms with Gasteiger partial charge >= 0.3 is 0 Å². The van der Waals surface area contributed by atoms with Gasteiger partial charge in [-0.2, -0.15) is 0 Å². The smallest absolute Gasteiger partial charge is 0.196 e. The summed E-state index contributed by atoms with van der Waals surface area (Å²) in [6, 6.07) is 19.7. The minimum atomic E-state index is -2.43. The normalized spacial score (nSPS) is 24.8. The number of hydrogen-bond donors (Lipinski definition) is 0. The fraction of sp³-hybridized carbons (Fsp3) is 0.579. The number of fused-ring (bicyclic) bond motifs is 2. The molecule has 0 saturated heterocycles. The van der Waals surface area contributed by atoms with Gasteiger partial charge in [0, 0.05) is 0 Å². The van der Waals surface area contributed by atoms with Crippen LogP contribution in [0.2, 0.25) is 5.54 Å². The van der Waals surface area contributed by atoms with Crippen LogP contribution in [0.15, 0.2) is 71.8 Å². The maximum absolute atomic E-state index is 2.96. The Labute approximate surface area is 247 Å². The number of aryl methyl sites for hydroxylation is 2. The highest BCUT2D eigenvalue weighted by atomic mass is 28.3. The number of benzene rings is 2. The first-order valence-electron chi connectivity index (χ1n) is 16.3. The van der Waals surface area contributed by atoms with Crippen molar-refractivity contribution in [1.82, 2.24) is 4.57 Å². The summed E-state index contributed by atoms with van der Waals surface area (Å²) < 4.78 is 2.96. The van der Waals surface area contributed by atoms with Crippen LogP contribution in [0.25, 0.3) is 0 Å². The van der Waals surface area contributed by atoms with Gasteiger partial charge in [0.25, 0.3) is 0 Å². The molecule has 2 fully saturated rings. The molecule has 4 unspecified atom stereocenters. The summed E-state index contributed by atoms with van der Waals surface area (Å²) in [4.78, 5) is 0. The Hall–Kier alpha value is -1.90. The summed E-state index contributed by atoms with van der Waals surface area (Å²) in [5.41, 5.74) is 7.07. The van der Waals surface area contributed by atoms with E-state index in [1.165, 1.54) is 56.1 Å². The summed E-state index contributed by atoms with van der Waals surface area (Å²) >= 11 is 0. The van der Waals surface area contributed by atoms with Crippen LogP contribution in [0.3, 0.4) is 0 Å². The minimum absolute atomic E-state index is 0.284. The van der Waals surface area contributed by atoms with Gasteiger partial charge in [-0.1, -0.05) is 113 Å². The maximum Gasteiger partial charge on any atom is 0.196 e. The third-order valence-electron chi connectivity index (χ3n) is 10.5. The zero-order valence-corrected chi connectivity index (χ0v) is 27.8. The molecule has 0 radical (unpaired) electrons. The monoisotopic (exact) mass is 553 g/mol. The van der Waals surface area contributed by atoms with Crippen molar-refractivity contribution >= 4 is 18.6 Å². The van der Waals surface area contributed by atoms with Crippen molar-refractivity contribution in [3.8, 4) is 0 Å². The molecule has 2 aromatic carbocycles. The first kappa shape index (κ1) is 29.6.